The number of aromatic amines is 1. The van der Waals surface area contributed by atoms with Crippen LogP contribution in [-0.4, -0.2) is 33.9 Å². The van der Waals surface area contributed by atoms with Gasteiger partial charge in [0.15, 0.2) is 0 Å². The number of likely N-dealkylation sites (tertiary alicyclic amines) is 1. The molecule has 1 atom stereocenters. The van der Waals surface area contributed by atoms with E-state index in [2.05, 4.69) is 22.1 Å². The molecule has 32 heavy (non-hydrogen) atoms. The first-order chi connectivity index (χ1) is 15.6. The second kappa shape index (κ2) is 8.97. The molecule has 6 nitrogen and oxygen atoms in total. The number of carbonyl (C=O) groups is 1. The lowest BCUT2D eigenvalue weighted by Gasteiger charge is -2.34. The van der Waals surface area contributed by atoms with Gasteiger partial charge in [-0.25, -0.2) is 4.98 Å². The molecule has 4 heterocycles. The van der Waals surface area contributed by atoms with Gasteiger partial charge in [-0.1, -0.05) is 24.3 Å². The van der Waals surface area contributed by atoms with Crippen LogP contribution in [0.1, 0.15) is 31.6 Å². The highest BCUT2D eigenvalue weighted by Crippen LogP contribution is 2.34. The van der Waals surface area contributed by atoms with Gasteiger partial charge in [0, 0.05) is 27.4 Å². The Balaban J connectivity index is 1.27. The van der Waals surface area contributed by atoms with E-state index >= 15 is 0 Å². The van der Waals surface area contributed by atoms with Crippen LogP contribution >= 0.6 is 22.7 Å². The number of amides is 1. The van der Waals surface area contributed by atoms with Gasteiger partial charge in [0.05, 0.1) is 11.4 Å². The number of anilines is 1. The zero-order valence-electron chi connectivity index (χ0n) is 17.7. The van der Waals surface area contributed by atoms with Crippen molar-refractivity contribution in [3.8, 4) is 10.4 Å². The van der Waals surface area contributed by atoms with E-state index in [1.54, 1.807) is 11.3 Å². The maximum atomic E-state index is 12.9. The lowest BCUT2D eigenvalue weighted by atomic mass is 9.94. The molecule has 3 aromatic heterocycles. The third-order valence-corrected chi connectivity index (χ3v) is 7.91. The molecule has 1 fully saturated rings. The lowest BCUT2D eigenvalue weighted by Crippen LogP contribution is -2.40. The van der Waals surface area contributed by atoms with Crippen LogP contribution in [0, 0.1) is 5.92 Å². The average molecular weight is 465 g/mol. The molecule has 1 saturated heterocycles. The number of benzene rings is 1. The van der Waals surface area contributed by atoms with Crippen molar-refractivity contribution < 1.29 is 4.79 Å². The number of carbonyl (C=O) groups excluding carboxylic acids is 1. The van der Waals surface area contributed by atoms with E-state index in [1.165, 1.54) is 11.3 Å². The summed E-state index contributed by atoms with van der Waals surface area (Å²) in [5.74, 6) is 0.768. The Hall–Kier alpha value is -2.81. The Kier molecular flexibility index (Phi) is 5.91. The van der Waals surface area contributed by atoms with Gasteiger partial charge in [0.25, 0.3) is 5.56 Å². The van der Waals surface area contributed by atoms with Gasteiger partial charge < -0.3 is 10.3 Å². The van der Waals surface area contributed by atoms with E-state index in [9.17, 15) is 9.59 Å². The van der Waals surface area contributed by atoms with Gasteiger partial charge in [0.2, 0.25) is 5.91 Å². The number of hydrogen-bond donors (Lipinski definition) is 2. The maximum absolute atomic E-state index is 12.9. The average Bonchev–Trinajstić information content (AvgIpc) is 3.49. The molecule has 0 saturated carbocycles. The number of nitrogens with zero attached hydrogens (tertiary/aromatic N) is 2. The Morgan fingerprint density at radius 3 is 2.66 bits per heavy atom. The summed E-state index contributed by atoms with van der Waals surface area (Å²) in [7, 11) is 0. The third kappa shape index (κ3) is 4.13. The number of hydrogen-bond acceptors (Lipinski definition) is 6. The molecule has 0 spiro atoms. The molecular formula is C24H24N4O2S2. The molecule has 2 N–H and O–H groups in total. The molecule has 5 rings (SSSR count). The zero-order chi connectivity index (χ0) is 22.1. The van der Waals surface area contributed by atoms with Gasteiger partial charge in [-0.05, 0) is 56.4 Å². The summed E-state index contributed by atoms with van der Waals surface area (Å²) in [6.45, 7) is 3.66. The number of nitrogens with one attached hydrogen (secondary N) is 2. The van der Waals surface area contributed by atoms with E-state index in [4.69, 9.17) is 4.98 Å². The summed E-state index contributed by atoms with van der Waals surface area (Å²) in [6, 6.07) is 13.6. The van der Waals surface area contributed by atoms with Gasteiger partial charge >= 0.3 is 0 Å². The Morgan fingerprint density at radius 2 is 1.94 bits per heavy atom. The fourth-order valence-electron chi connectivity index (χ4n) is 4.26. The van der Waals surface area contributed by atoms with E-state index < -0.39 is 0 Å². The largest absolute Gasteiger partial charge is 0.326 e. The van der Waals surface area contributed by atoms with Crippen molar-refractivity contribution in [2.24, 2.45) is 5.92 Å². The fourth-order valence-corrected chi connectivity index (χ4v) is 6.03. The summed E-state index contributed by atoms with van der Waals surface area (Å²) >= 11 is 3.14. The topological polar surface area (TPSA) is 78.1 Å². The van der Waals surface area contributed by atoms with Gasteiger partial charge in [0.1, 0.15) is 10.7 Å². The summed E-state index contributed by atoms with van der Waals surface area (Å²) in [6.07, 6.45) is 1.58. The minimum absolute atomic E-state index is 0.00112. The van der Waals surface area contributed by atoms with Crippen molar-refractivity contribution in [3.05, 3.63) is 69.4 Å². The molecule has 0 unspecified atom stereocenters. The second-order valence-electron chi connectivity index (χ2n) is 8.10. The number of rotatable bonds is 5. The van der Waals surface area contributed by atoms with Crippen LogP contribution in [0.3, 0.4) is 0 Å². The summed E-state index contributed by atoms with van der Waals surface area (Å²) < 4.78 is 0. The summed E-state index contributed by atoms with van der Waals surface area (Å²) in [5.41, 5.74) is 1.71. The number of piperidine rings is 1. The van der Waals surface area contributed by atoms with E-state index in [0.717, 1.165) is 46.9 Å². The monoisotopic (exact) mass is 464 g/mol. The first-order valence-electron chi connectivity index (χ1n) is 10.8. The van der Waals surface area contributed by atoms with Crippen LogP contribution in [0.2, 0.25) is 0 Å². The lowest BCUT2D eigenvalue weighted by molar-refractivity contribution is -0.121. The minimum Gasteiger partial charge on any atom is -0.326 e. The summed E-state index contributed by atoms with van der Waals surface area (Å²) in [4.78, 5) is 37.5. The molecule has 0 radical (unpaired) electrons. The predicted octanol–water partition coefficient (Wildman–Crippen LogP) is 5.12. The number of thiophene rings is 2. The Labute approximate surface area is 193 Å². The van der Waals surface area contributed by atoms with Crippen molar-refractivity contribution in [2.45, 2.75) is 25.8 Å². The quantitative estimate of drug-likeness (QED) is 0.429. The predicted molar refractivity (Wildman–Crippen MR) is 131 cm³/mol. The van der Waals surface area contributed by atoms with Crippen molar-refractivity contribution in [1.29, 1.82) is 0 Å². The first kappa shape index (κ1) is 21.1. The van der Waals surface area contributed by atoms with Gasteiger partial charge in [-0.3, -0.25) is 14.5 Å². The van der Waals surface area contributed by atoms with Crippen LogP contribution in [0.4, 0.5) is 5.69 Å². The molecule has 1 aromatic carbocycles. The van der Waals surface area contributed by atoms with E-state index in [1.807, 2.05) is 53.2 Å². The third-order valence-electron chi connectivity index (χ3n) is 6.13. The molecule has 1 amide bonds. The number of aromatic nitrogens is 2. The number of para-hydroxylation sites is 1. The molecule has 1 aliphatic heterocycles. The van der Waals surface area contributed by atoms with Crippen LogP contribution < -0.4 is 10.9 Å². The molecule has 1 aliphatic rings. The van der Waals surface area contributed by atoms with Crippen molar-refractivity contribution in [1.82, 2.24) is 14.9 Å². The molecular weight excluding hydrogens is 440 g/mol. The van der Waals surface area contributed by atoms with Crippen molar-refractivity contribution >= 4 is 44.5 Å². The van der Waals surface area contributed by atoms with E-state index in [0.29, 0.717) is 11.2 Å². The smallest absolute Gasteiger partial charge is 0.260 e. The van der Waals surface area contributed by atoms with Crippen LogP contribution in [-0.2, 0) is 4.79 Å². The molecule has 8 heteroatoms. The van der Waals surface area contributed by atoms with Crippen molar-refractivity contribution in [2.75, 3.05) is 18.4 Å². The Bertz CT molecular complexity index is 1270. The molecule has 164 valence electrons. The van der Waals surface area contributed by atoms with Crippen LogP contribution in [0.15, 0.2) is 58.0 Å². The normalized spacial score (nSPS) is 16.3. The second-order valence-corrected chi connectivity index (χ2v) is 9.91. The highest BCUT2D eigenvalue weighted by molar-refractivity contribution is 7.18. The molecule has 4 aromatic rings. The van der Waals surface area contributed by atoms with Gasteiger partial charge in [-0.2, -0.15) is 0 Å². The summed E-state index contributed by atoms with van der Waals surface area (Å²) in [5, 5.41) is 7.72. The minimum atomic E-state index is -0.0846. The highest BCUT2D eigenvalue weighted by Gasteiger charge is 2.29. The number of fused-ring (bicyclic) bond motifs is 1. The zero-order valence-corrected chi connectivity index (χ0v) is 19.3. The Morgan fingerprint density at radius 1 is 1.16 bits per heavy atom. The standard InChI is InChI=1S/C24H24N4O2S2/c1-15(28-11-9-16(10-12-28)22(29)25-17-6-3-2-4-7-17)21-26-23(30)20-18(14-32-24(20)27-21)19-8-5-13-31-19/h2-8,13-16H,9-12H2,1H3,(H,25,29)(H,26,27,30)/t15-/m0/s1. The highest BCUT2D eigenvalue weighted by atomic mass is 32.1. The SMILES string of the molecule is C[C@@H](c1nc2scc(-c3cccs3)c2c(=O)[nH]1)N1CCC(C(=O)Nc2ccccc2)CC1. The first-order valence-corrected chi connectivity index (χ1v) is 12.5. The van der Waals surface area contributed by atoms with Crippen molar-refractivity contribution in [3.63, 3.8) is 0 Å². The molecule has 0 bridgehead atoms. The van der Waals surface area contributed by atoms with Crippen LogP contribution in [0.25, 0.3) is 20.7 Å². The fraction of sp³-hybridized carbons (Fsp3) is 0.292. The number of H-pyrrole nitrogens is 1. The molecule has 0 aliphatic carbocycles. The van der Waals surface area contributed by atoms with E-state index in [-0.39, 0.29) is 23.4 Å². The van der Waals surface area contributed by atoms with Gasteiger partial charge in [-0.15, -0.1) is 22.7 Å². The van der Waals surface area contributed by atoms with Crippen LogP contribution in [0.5, 0.6) is 0 Å². The maximum Gasteiger partial charge on any atom is 0.260 e.